The number of aldehydes is 1. The molecule has 4 heteroatoms. The Balaban J connectivity index is 2.38. The number of carbonyl (C=O) groups excluding carboxylic acids is 1. The standard InChI is InChI=1S/C10H9BrO3/c11-8-3-6-1-2-7(5-12)14-10(6)4-9(8)13/h3-5,7,13H,1-2H2. The summed E-state index contributed by atoms with van der Waals surface area (Å²) in [5, 5.41) is 9.42. The van der Waals surface area contributed by atoms with Gasteiger partial charge in [-0.3, -0.25) is 4.79 Å². The van der Waals surface area contributed by atoms with E-state index < -0.39 is 0 Å². The van der Waals surface area contributed by atoms with Crippen molar-refractivity contribution in [2.75, 3.05) is 0 Å². The van der Waals surface area contributed by atoms with Crippen molar-refractivity contribution in [1.29, 1.82) is 0 Å². The summed E-state index contributed by atoms with van der Waals surface area (Å²) < 4.78 is 6.02. The fourth-order valence-corrected chi connectivity index (χ4v) is 1.90. The summed E-state index contributed by atoms with van der Waals surface area (Å²) in [6, 6.07) is 3.36. The van der Waals surface area contributed by atoms with E-state index in [9.17, 15) is 9.90 Å². The molecule has 3 nitrogen and oxygen atoms in total. The van der Waals surface area contributed by atoms with E-state index in [1.54, 1.807) is 0 Å². The Labute approximate surface area is 89.8 Å². The number of phenols is 1. The molecule has 0 amide bonds. The van der Waals surface area contributed by atoms with Gasteiger partial charge in [-0.05, 0) is 40.4 Å². The Morgan fingerprint density at radius 1 is 1.57 bits per heavy atom. The van der Waals surface area contributed by atoms with Crippen molar-refractivity contribution in [2.45, 2.75) is 18.9 Å². The minimum atomic E-state index is -0.372. The minimum Gasteiger partial charge on any atom is -0.507 e. The number of halogens is 1. The van der Waals surface area contributed by atoms with Gasteiger partial charge in [0.05, 0.1) is 4.47 Å². The van der Waals surface area contributed by atoms with Crippen LogP contribution in [0.5, 0.6) is 11.5 Å². The quantitative estimate of drug-likeness (QED) is 0.783. The Hall–Kier alpha value is -1.03. The molecule has 1 aromatic rings. The van der Waals surface area contributed by atoms with Gasteiger partial charge in [0.15, 0.2) is 12.4 Å². The number of phenolic OH excluding ortho intramolecular Hbond substituents is 1. The predicted octanol–water partition coefficient (Wildman–Crippen LogP) is 2.05. The number of fused-ring (bicyclic) bond motifs is 1. The van der Waals surface area contributed by atoms with Gasteiger partial charge in [0.2, 0.25) is 0 Å². The van der Waals surface area contributed by atoms with Crippen molar-refractivity contribution < 1.29 is 14.6 Å². The lowest BCUT2D eigenvalue weighted by molar-refractivity contribution is -0.114. The molecule has 0 bridgehead atoms. The number of ether oxygens (including phenoxy) is 1. The first kappa shape index (κ1) is 9.52. The molecule has 1 heterocycles. The van der Waals surface area contributed by atoms with Gasteiger partial charge in [-0.15, -0.1) is 0 Å². The molecule has 74 valence electrons. The first-order valence-electron chi connectivity index (χ1n) is 4.34. The number of carbonyl (C=O) groups is 1. The fourth-order valence-electron chi connectivity index (χ4n) is 1.50. The molecule has 1 unspecified atom stereocenters. The largest absolute Gasteiger partial charge is 0.507 e. The molecule has 2 rings (SSSR count). The zero-order chi connectivity index (χ0) is 10.1. The van der Waals surface area contributed by atoms with E-state index >= 15 is 0 Å². The van der Waals surface area contributed by atoms with Crippen LogP contribution >= 0.6 is 15.9 Å². The smallest absolute Gasteiger partial charge is 0.160 e. The van der Waals surface area contributed by atoms with Crippen LogP contribution in [0.3, 0.4) is 0 Å². The second-order valence-electron chi connectivity index (χ2n) is 3.24. The van der Waals surface area contributed by atoms with Crippen molar-refractivity contribution in [3.05, 3.63) is 22.2 Å². The van der Waals surface area contributed by atoms with Crippen molar-refractivity contribution in [3.63, 3.8) is 0 Å². The van der Waals surface area contributed by atoms with Crippen LogP contribution in [0.2, 0.25) is 0 Å². The summed E-state index contributed by atoms with van der Waals surface area (Å²) in [7, 11) is 0. The normalized spacial score (nSPS) is 19.6. The van der Waals surface area contributed by atoms with Gasteiger partial charge in [0.1, 0.15) is 11.5 Å². The molecular formula is C10H9BrO3. The number of aromatic hydroxyl groups is 1. The average Bonchev–Trinajstić information content (AvgIpc) is 2.19. The van der Waals surface area contributed by atoms with E-state index in [0.29, 0.717) is 16.6 Å². The van der Waals surface area contributed by atoms with Crippen LogP contribution in [0.15, 0.2) is 16.6 Å². The summed E-state index contributed by atoms with van der Waals surface area (Å²) in [6.07, 6.45) is 1.93. The predicted molar refractivity (Wildman–Crippen MR) is 54.6 cm³/mol. The van der Waals surface area contributed by atoms with Crippen molar-refractivity contribution in [3.8, 4) is 11.5 Å². The number of benzene rings is 1. The molecule has 0 aromatic heterocycles. The molecule has 1 N–H and O–H groups in total. The van der Waals surface area contributed by atoms with Crippen LogP contribution < -0.4 is 4.74 Å². The van der Waals surface area contributed by atoms with Crippen molar-refractivity contribution >= 4 is 22.2 Å². The first-order valence-corrected chi connectivity index (χ1v) is 5.13. The zero-order valence-electron chi connectivity index (χ0n) is 7.37. The Morgan fingerprint density at radius 2 is 2.36 bits per heavy atom. The Kier molecular flexibility index (Phi) is 2.46. The second kappa shape index (κ2) is 3.61. The van der Waals surface area contributed by atoms with Gasteiger partial charge >= 0.3 is 0 Å². The van der Waals surface area contributed by atoms with Gasteiger partial charge < -0.3 is 9.84 Å². The summed E-state index contributed by atoms with van der Waals surface area (Å²) in [4.78, 5) is 10.5. The van der Waals surface area contributed by atoms with E-state index in [1.807, 2.05) is 6.07 Å². The third-order valence-electron chi connectivity index (χ3n) is 2.26. The van der Waals surface area contributed by atoms with Gasteiger partial charge in [0, 0.05) is 6.07 Å². The molecule has 1 aromatic carbocycles. The number of aryl methyl sites for hydroxylation is 1. The number of hydrogen-bond donors (Lipinski definition) is 1. The highest BCUT2D eigenvalue weighted by Crippen LogP contribution is 2.35. The lowest BCUT2D eigenvalue weighted by atomic mass is 10.0. The molecule has 0 radical (unpaired) electrons. The average molecular weight is 257 g/mol. The maximum absolute atomic E-state index is 10.5. The summed E-state index contributed by atoms with van der Waals surface area (Å²) in [6.45, 7) is 0. The molecule has 0 spiro atoms. The highest BCUT2D eigenvalue weighted by atomic mass is 79.9. The minimum absolute atomic E-state index is 0.135. The highest BCUT2D eigenvalue weighted by molar-refractivity contribution is 9.10. The van der Waals surface area contributed by atoms with E-state index in [0.717, 1.165) is 18.3 Å². The van der Waals surface area contributed by atoms with Gasteiger partial charge in [0.25, 0.3) is 0 Å². The molecule has 0 fully saturated rings. The molecule has 14 heavy (non-hydrogen) atoms. The maximum atomic E-state index is 10.5. The topological polar surface area (TPSA) is 46.5 Å². The molecule has 1 atom stereocenters. The highest BCUT2D eigenvalue weighted by Gasteiger charge is 2.20. The molecule has 0 saturated heterocycles. The lowest BCUT2D eigenvalue weighted by Crippen LogP contribution is -2.23. The molecule has 1 aliphatic heterocycles. The summed E-state index contributed by atoms with van der Waals surface area (Å²) in [5.41, 5.74) is 1.02. The third kappa shape index (κ3) is 1.62. The first-order chi connectivity index (χ1) is 6.70. The van der Waals surface area contributed by atoms with Crippen LogP contribution in [-0.2, 0) is 11.2 Å². The zero-order valence-corrected chi connectivity index (χ0v) is 8.95. The van der Waals surface area contributed by atoms with Gasteiger partial charge in [-0.25, -0.2) is 0 Å². The third-order valence-corrected chi connectivity index (χ3v) is 2.89. The monoisotopic (exact) mass is 256 g/mol. The Bertz CT molecular complexity index is 376. The van der Waals surface area contributed by atoms with Crippen LogP contribution in [0, 0.1) is 0 Å². The van der Waals surface area contributed by atoms with E-state index in [2.05, 4.69) is 15.9 Å². The number of hydrogen-bond acceptors (Lipinski definition) is 3. The lowest BCUT2D eigenvalue weighted by Gasteiger charge is -2.22. The van der Waals surface area contributed by atoms with E-state index in [-0.39, 0.29) is 11.9 Å². The SMILES string of the molecule is O=CC1CCc2cc(Br)c(O)cc2O1. The summed E-state index contributed by atoms with van der Waals surface area (Å²) >= 11 is 3.23. The Morgan fingerprint density at radius 3 is 3.07 bits per heavy atom. The van der Waals surface area contributed by atoms with Crippen molar-refractivity contribution in [2.24, 2.45) is 0 Å². The molecule has 0 aliphatic carbocycles. The van der Waals surface area contributed by atoms with Gasteiger partial charge in [-0.2, -0.15) is 0 Å². The van der Waals surface area contributed by atoms with Crippen LogP contribution in [0.25, 0.3) is 0 Å². The molecule has 0 saturated carbocycles. The molecular weight excluding hydrogens is 248 g/mol. The van der Waals surface area contributed by atoms with E-state index in [4.69, 9.17) is 4.74 Å². The van der Waals surface area contributed by atoms with Crippen LogP contribution in [-0.4, -0.2) is 17.5 Å². The second-order valence-corrected chi connectivity index (χ2v) is 4.10. The van der Waals surface area contributed by atoms with Crippen LogP contribution in [0.1, 0.15) is 12.0 Å². The van der Waals surface area contributed by atoms with E-state index in [1.165, 1.54) is 6.07 Å². The van der Waals surface area contributed by atoms with Crippen LogP contribution in [0.4, 0.5) is 0 Å². The fraction of sp³-hybridized carbons (Fsp3) is 0.300. The molecule has 1 aliphatic rings. The van der Waals surface area contributed by atoms with Crippen molar-refractivity contribution in [1.82, 2.24) is 0 Å². The maximum Gasteiger partial charge on any atom is 0.160 e. The summed E-state index contributed by atoms with van der Waals surface area (Å²) in [5.74, 6) is 0.740. The van der Waals surface area contributed by atoms with Gasteiger partial charge in [-0.1, -0.05) is 0 Å². The number of rotatable bonds is 1.